The monoisotopic (exact) mass is 348 g/mol. The Labute approximate surface area is 120 Å². The number of nitrogens with zero attached hydrogens (tertiary/aromatic N) is 1. The molecule has 1 atom stereocenters. The summed E-state index contributed by atoms with van der Waals surface area (Å²) in [6.07, 6.45) is 1.91. The molecule has 1 aliphatic rings. The first-order valence-electron chi connectivity index (χ1n) is 5.49. The van der Waals surface area contributed by atoms with Crippen LogP contribution in [0.1, 0.15) is 12.8 Å². The maximum Gasteiger partial charge on any atom is 0.405 e. The smallest absolute Gasteiger partial charge is 0.405 e. The summed E-state index contributed by atoms with van der Waals surface area (Å²) >= 11 is 3.23. The zero-order valence-electron chi connectivity index (χ0n) is 9.85. The first-order valence-corrected chi connectivity index (χ1v) is 7.44. The Morgan fingerprint density at radius 2 is 2.32 bits per heavy atom. The zero-order valence-corrected chi connectivity index (χ0v) is 12.3. The molecule has 9 heteroatoms. The van der Waals surface area contributed by atoms with Gasteiger partial charge >= 0.3 is 6.09 Å². The van der Waals surface area contributed by atoms with Crippen molar-refractivity contribution in [1.29, 1.82) is 0 Å². The third-order valence-electron chi connectivity index (χ3n) is 2.82. The number of halogens is 1. The average molecular weight is 349 g/mol. The van der Waals surface area contributed by atoms with Crippen molar-refractivity contribution in [2.24, 2.45) is 0 Å². The van der Waals surface area contributed by atoms with E-state index in [-0.39, 0.29) is 12.4 Å². The van der Waals surface area contributed by atoms with Gasteiger partial charge in [-0.25, -0.2) is 18.7 Å². The van der Waals surface area contributed by atoms with Crippen LogP contribution in [0.3, 0.4) is 0 Å². The van der Waals surface area contributed by atoms with E-state index >= 15 is 0 Å². The lowest BCUT2D eigenvalue weighted by Gasteiger charge is -2.15. The van der Waals surface area contributed by atoms with E-state index < -0.39 is 22.6 Å². The first-order chi connectivity index (χ1) is 8.92. The van der Waals surface area contributed by atoms with E-state index in [1.807, 2.05) is 0 Å². The maximum absolute atomic E-state index is 12.1. The molecule has 5 N–H and O–H groups in total. The highest BCUT2D eigenvalue weighted by molar-refractivity contribution is 9.10. The Morgan fingerprint density at radius 3 is 2.89 bits per heavy atom. The molecule has 0 bridgehead atoms. The standard InChI is InChI=1S/C10H13BrN4O3S/c11-6-3-7(8(12)13-4-6)19(18)14-5-10(1-2-10)15-9(16)17/h3-4,14-15H,1-2,5H2,(H2,12,13)(H,16,17). The summed E-state index contributed by atoms with van der Waals surface area (Å²) in [6, 6.07) is 1.62. The normalized spacial score (nSPS) is 17.7. The Hall–Kier alpha value is -1.19. The van der Waals surface area contributed by atoms with Gasteiger partial charge in [-0.2, -0.15) is 0 Å². The van der Waals surface area contributed by atoms with Gasteiger partial charge in [0.2, 0.25) is 0 Å². The molecule has 0 aliphatic heterocycles. The van der Waals surface area contributed by atoms with E-state index in [2.05, 4.69) is 31.0 Å². The highest BCUT2D eigenvalue weighted by atomic mass is 79.9. The van der Waals surface area contributed by atoms with E-state index in [0.29, 0.717) is 9.37 Å². The molecule has 1 saturated carbocycles. The zero-order chi connectivity index (χ0) is 14.0. The van der Waals surface area contributed by atoms with Gasteiger partial charge in [0.25, 0.3) is 0 Å². The molecular weight excluding hydrogens is 336 g/mol. The van der Waals surface area contributed by atoms with Crippen LogP contribution in [0.4, 0.5) is 10.6 Å². The number of nitrogens with one attached hydrogen (secondary N) is 2. The van der Waals surface area contributed by atoms with Crippen molar-refractivity contribution in [2.75, 3.05) is 12.3 Å². The lowest BCUT2D eigenvalue weighted by molar-refractivity contribution is 0.188. The Bertz CT molecular complexity index is 536. The van der Waals surface area contributed by atoms with Crippen LogP contribution < -0.4 is 15.8 Å². The number of amides is 1. The van der Waals surface area contributed by atoms with E-state index in [4.69, 9.17) is 10.8 Å². The highest BCUT2D eigenvalue weighted by Gasteiger charge is 2.44. The summed E-state index contributed by atoms with van der Waals surface area (Å²) < 4.78 is 15.5. The molecule has 1 unspecified atom stereocenters. The van der Waals surface area contributed by atoms with Crippen molar-refractivity contribution >= 4 is 38.8 Å². The third-order valence-corrected chi connectivity index (χ3v) is 4.38. The van der Waals surface area contributed by atoms with Gasteiger partial charge in [-0.05, 0) is 34.8 Å². The predicted molar refractivity (Wildman–Crippen MR) is 73.9 cm³/mol. The van der Waals surface area contributed by atoms with Crippen molar-refractivity contribution in [3.63, 3.8) is 0 Å². The Kier molecular flexibility index (Phi) is 4.07. The molecule has 19 heavy (non-hydrogen) atoms. The number of rotatable bonds is 5. The topological polar surface area (TPSA) is 117 Å². The quantitative estimate of drug-likeness (QED) is 0.628. The minimum Gasteiger partial charge on any atom is -0.465 e. The Morgan fingerprint density at radius 1 is 1.63 bits per heavy atom. The maximum atomic E-state index is 12.1. The molecule has 1 aromatic heterocycles. The molecule has 7 nitrogen and oxygen atoms in total. The molecule has 1 fully saturated rings. The minimum atomic E-state index is -1.53. The molecule has 0 radical (unpaired) electrons. The van der Waals surface area contributed by atoms with Crippen molar-refractivity contribution in [2.45, 2.75) is 23.3 Å². The van der Waals surface area contributed by atoms with Crippen molar-refractivity contribution < 1.29 is 14.1 Å². The van der Waals surface area contributed by atoms with Gasteiger partial charge in [0.05, 0.1) is 10.4 Å². The molecule has 2 rings (SSSR count). The van der Waals surface area contributed by atoms with Gasteiger partial charge in [-0.3, -0.25) is 0 Å². The van der Waals surface area contributed by atoms with Crippen LogP contribution in [0.25, 0.3) is 0 Å². The highest BCUT2D eigenvalue weighted by Crippen LogP contribution is 2.34. The third kappa shape index (κ3) is 3.64. The molecule has 1 aliphatic carbocycles. The fraction of sp³-hybridized carbons (Fsp3) is 0.400. The minimum absolute atomic E-state index is 0.185. The van der Waals surface area contributed by atoms with Crippen LogP contribution >= 0.6 is 15.9 Å². The molecule has 0 aromatic carbocycles. The molecule has 1 aromatic rings. The SMILES string of the molecule is Nc1ncc(Br)cc1S(=O)NCC1(NC(=O)O)CC1. The molecule has 0 spiro atoms. The molecule has 0 saturated heterocycles. The van der Waals surface area contributed by atoms with Crippen LogP contribution in [-0.4, -0.2) is 32.5 Å². The van der Waals surface area contributed by atoms with E-state index in [0.717, 1.165) is 12.8 Å². The fourth-order valence-electron chi connectivity index (χ4n) is 1.58. The van der Waals surface area contributed by atoms with Crippen LogP contribution in [0.2, 0.25) is 0 Å². The molecular formula is C10H13BrN4O3S. The summed E-state index contributed by atoms with van der Waals surface area (Å²) in [5, 5.41) is 11.1. The van der Waals surface area contributed by atoms with E-state index in [1.54, 1.807) is 6.07 Å². The first kappa shape index (κ1) is 14.2. The summed E-state index contributed by atoms with van der Waals surface area (Å²) in [7, 11) is -1.53. The van der Waals surface area contributed by atoms with Crippen LogP contribution in [-0.2, 0) is 11.0 Å². The number of nitrogen functional groups attached to an aromatic ring is 1. The van der Waals surface area contributed by atoms with Crippen LogP contribution in [0, 0.1) is 0 Å². The second kappa shape index (κ2) is 5.43. The summed E-state index contributed by atoms with van der Waals surface area (Å²) in [4.78, 5) is 14.9. The number of aromatic nitrogens is 1. The number of anilines is 1. The number of nitrogens with two attached hydrogens (primary N) is 1. The Balaban J connectivity index is 1.98. The van der Waals surface area contributed by atoms with Gasteiger partial charge in [-0.15, -0.1) is 0 Å². The lowest BCUT2D eigenvalue weighted by Crippen LogP contribution is -2.44. The van der Waals surface area contributed by atoms with Gasteiger partial charge in [-0.1, -0.05) is 0 Å². The van der Waals surface area contributed by atoms with Crippen LogP contribution in [0.5, 0.6) is 0 Å². The van der Waals surface area contributed by atoms with E-state index in [1.165, 1.54) is 6.20 Å². The number of hydrogen-bond donors (Lipinski definition) is 4. The second-order valence-electron chi connectivity index (χ2n) is 4.34. The number of hydrogen-bond acceptors (Lipinski definition) is 4. The van der Waals surface area contributed by atoms with Gasteiger partial charge in [0.15, 0.2) is 0 Å². The average Bonchev–Trinajstić information content (AvgIpc) is 3.08. The number of pyridine rings is 1. The van der Waals surface area contributed by atoms with Crippen molar-refractivity contribution in [3.8, 4) is 0 Å². The molecule has 1 amide bonds. The van der Waals surface area contributed by atoms with Gasteiger partial charge in [0.1, 0.15) is 16.8 Å². The largest absolute Gasteiger partial charge is 0.465 e. The number of carbonyl (C=O) groups is 1. The van der Waals surface area contributed by atoms with E-state index in [9.17, 15) is 9.00 Å². The summed E-state index contributed by atoms with van der Waals surface area (Å²) in [6.45, 7) is 0.290. The molecule has 1 heterocycles. The van der Waals surface area contributed by atoms with Crippen LogP contribution in [0.15, 0.2) is 21.6 Å². The number of carboxylic acid groups (broad SMARTS) is 1. The fourth-order valence-corrected chi connectivity index (χ4v) is 3.11. The predicted octanol–water partition coefficient (Wildman–Crippen LogP) is 0.839. The summed E-state index contributed by atoms with van der Waals surface area (Å²) in [5.74, 6) is 0.185. The van der Waals surface area contributed by atoms with Gasteiger partial charge < -0.3 is 16.2 Å². The van der Waals surface area contributed by atoms with Gasteiger partial charge in [0, 0.05) is 17.2 Å². The van der Waals surface area contributed by atoms with Crippen molar-refractivity contribution in [3.05, 3.63) is 16.7 Å². The lowest BCUT2D eigenvalue weighted by atomic mass is 10.3. The van der Waals surface area contributed by atoms with Crippen molar-refractivity contribution in [1.82, 2.24) is 15.0 Å². The molecule has 104 valence electrons. The summed E-state index contributed by atoms with van der Waals surface area (Å²) in [5.41, 5.74) is 5.15. The second-order valence-corrected chi connectivity index (χ2v) is 6.52.